The minimum absolute atomic E-state index is 0.146. The third-order valence-electron chi connectivity index (χ3n) is 5.02. The molecule has 2 aromatic rings. The summed E-state index contributed by atoms with van der Waals surface area (Å²) in [5.41, 5.74) is 3.06. The predicted octanol–water partition coefficient (Wildman–Crippen LogP) is 2.44. The normalized spacial score (nSPS) is 15.2. The number of rotatable bonds is 6. The van der Waals surface area contributed by atoms with Crippen LogP contribution in [0.4, 0.5) is 11.5 Å². The van der Waals surface area contributed by atoms with Crippen LogP contribution < -0.4 is 15.5 Å². The van der Waals surface area contributed by atoms with Gasteiger partial charge in [-0.15, -0.1) is 10.2 Å². The summed E-state index contributed by atoms with van der Waals surface area (Å²) in [5, 5.41) is 14.0. The Balaban J connectivity index is 1.72. The molecule has 0 radical (unpaired) electrons. The van der Waals surface area contributed by atoms with E-state index in [1.165, 1.54) is 30.5 Å². The predicted molar refractivity (Wildman–Crippen MR) is 100 cm³/mol. The van der Waals surface area contributed by atoms with E-state index in [4.69, 9.17) is 0 Å². The largest absolute Gasteiger partial charge is 0.378 e. The van der Waals surface area contributed by atoms with Gasteiger partial charge in [-0.1, -0.05) is 18.6 Å². The molecule has 6 nitrogen and oxygen atoms in total. The number of nitrogens with zero attached hydrogens (tertiary/aromatic N) is 3. The quantitative estimate of drug-likeness (QED) is 0.846. The van der Waals surface area contributed by atoms with Gasteiger partial charge in [0, 0.05) is 38.8 Å². The average molecular weight is 339 g/mol. The molecule has 132 valence electrons. The standard InChI is InChI=1S/C19H25N5O/c1-20-18(25)16-8-9-17(23-22-16)21-13-19(10-5-11-19)14-6-4-7-15(12-14)24(2)3/h4,6-9,12H,5,10-11,13H2,1-3H3,(H,20,25)(H,21,23). The second-order valence-corrected chi connectivity index (χ2v) is 6.82. The zero-order chi connectivity index (χ0) is 17.9. The molecule has 1 aromatic heterocycles. The van der Waals surface area contributed by atoms with Gasteiger partial charge in [-0.05, 0) is 42.7 Å². The van der Waals surface area contributed by atoms with Gasteiger partial charge in [-0.2, -0.15) is 0 Å². The van der Waals surface area contributed by atoms with Gasteiger partial charge in [0.15, 0.2) is 5.69 Å². The van der Waals surface area contributed by atoms with Gasteiger partial charge >= 0.3 is 0 Å². The molecule has 1 heterocycles. The molecule has 3 rings (SSSR count). The molecule has 1 aromatic carbocycles. The van der Waals surface area contributed by atoms with Crippen molar-refractivity contribution < 1.29 is 4.79 Å². The van der Waals surface area contributed by atoms with E-state index in [0.717, 1.165) is 6.54 Å². The van der Waals surface area contributed by atoms with Gasteiger partial charge in [0.1, 0.15) is 5.82 Å². The van der Waals surface area contributed by atoms with Crippen molar-refractivity contribution in [3.63, 3.8) is 0 Å². The van der Waals surface area contributed by atoms with Crippen molar-refractivity contribution in [1.29, 1.82) is 0 Å². The molecule has 1 saturated carbocycles. The van der Waals surface area contributed by atoms with Crippen molar-refractivity contribution in [2.75, 3.05) is 37.9 Å². The van der Waals surface area contributed by atoms with Crippen LogP contribution in [0.3, 0.4) is 0 Å². The van der Waals surface area contributed by atoms with Crippen LogP contribution in [0, 0.1) is 0 Å². The second-order valence-electron chi connectivity index (χ2n) is 6.82. The lowest BCUT2D eigenvalue weighted by Crippen LogP contribution is -2.41. The zero-order valence-corrected chi connectivity index (χ0v) is 15.0. The van der Waals surface area contributed by atoms with Crippen molar-refractivity contribution in [3.05, 3.63) is 47.7 Å². The molecule has 1 aliphatic rings. The number of hydrogen-bond acceptors (Lipinski definition) is 5. The first kappa shape index (κ1) is 17.2. The smallest absolute Gasteiger partial charge is 0.271 e. The van der Waals surface area contributed by atoms with E-state index >= 15 is 0 Å². The summed E-state index contributed by atoms with van der Waals surface area (Å²) in [7, 11) is 5.71. The summed E-state index contributed by atoms with van der Waals surface area (Å²) in [6.45, 7) is 0.817. The van der Waals surface area contributed by atoms with Gasteiger partial charge in [0.25, 0.3) is 5.91 Å². The van der Waals surface area contributed by atoms with E-state index < -0.39 is 0 Å². The number of benzene rings is 1. The summed E-state index contributed by atoms with van der Waals surface area (Å²) >= 11 is 0. The monoisotopic (exact) mass is 339 g/mol. The number of amides is 1. The SMILES string of the molecule is CNC(=O)c1ccc(NCC2(c3cccc(N(C)C)c3)CCC2)nn1. The van der Waals surface area contributed by atoms with E-state index in [9.17, 15) is 4.79 Å². The first-order valence-corrected chi connectivity index (χ1v) is 8.62. The number of nitrogens with one attached hydrogen (secondary N) is 2. The highest BCUT2D eigenvalue weighted by Gasteiger charge is 2.38. The van der Waals surface area contributed by atoms with Gasteiger partial charge in [0.05, 0.1) is 0 Å². The topological polar surface area (TPSA) is 70.2 Å². The Bertz CT molecular complexity index is 738. The fourth-order valence-electron chi connectivity index (χ4n) is 3.22. The number of carbonyl (C=O) groups is 1. The number of anilines is 2. The van der Waals surface area contributed by atoms with E-state index in [1.54, 1.807) is 19.2 Å². The Kier molecular flexibility index (Phi) is 4.88. The molecule has 1 fully saturated rings. The molecule has 0 unspecified atom stereocenters. The summed E-state index contributed by atoms with van der Waals surface area (Å²) in [6.07, 6.45) is 3.58. The molecule has 0 atom stereocenters. The van der Waals surface area contributed by atoms with Crippen molar-refractivity contribution in [2.45, 2.75) is 24.7 Å². The molecule has 1 aliphatic carbocycles. The minimum Gasteiger partial charge on any atom is -0.378 e. The summed E-state index contributed by atoms with van der Waals surface area (Å²) in [6, 6.07) is 12.2. The van der Waals surface area contributed by atoms with Crippen LogP contribution >= 0.6 is 0 Å². The van der Waals surface area contributed by atoms with Gasteiger partial charge in [-0.25, -0.2) is 0 Å². The Hall–Kier alpha value is -2.63. The summed E-state index contributed by atoms with van der Waals surface area (Å²) in [5.74, 6) is 0.470. The van der Waals surface area contributed by atoms with Gasteiger partial charge < -0.3 is 15.5 Å². The van der Waals surface area contributed by atoms with E-state index in [-0.39, 0.29) is 11.3 Å². The van der Waals surface area contributed by atoms with E-state index in [2.05, 4.69) is 64.1 Å². The summed E-state index contributed by atoms with van der Waals surface area (Å²) < 4.78 is 0. The van der Waals surface area contributed by atoms with Crippen LogP contribution in [-0.4, -0.2) is 43.8 Å². The number of hydrogen-bond donors (Lipinski definition) is 2. The molecule has 2 N–H and O–H groups in total. The Morgan fingerprint density at radius 1 is 1.20 bits per heavy atom. The first-order chi connectivity index (χ1) is 12.0. The number of aromatic nitrogens is 2. The fraction of sp³-hybridized carbons (Fsp3) is 0.421. The van der Waals surface area contributed by atoms with Gasteiger partial charge in [0.2, 0.25) is 0 Å². The van der Waals surface area contributed by atoms with Crippen LogP contribution in [0.25, 0.3) is 0 Å². The molecule has 6 heteroatoms. The van der Waals surface area contributed by atoms with Gasteiger partial charge in [-0.3, -0.25) is 4.79 Å². The Morgan fingerprint density at radius 2 is 2.00 bits per heavy atom. The highest BCUT2D eigenvalue weighted by molar-refractivity contribution is 5.91. The third kappa shape index (κ3) is 3.57. The molecular formula is C19H25N5O. The lowest BCUT2D eigenvalue weighted by atomic mass is 9.64. The highest BCUT2D eigenvalue weighted by atomic mass is 16.1. The van der Waals surface area contributed by atoms with Crippen molar-refractivity contribution in [3.8, 4) is 0 Å². The lowest BCUT2D eigenvalue weighted by Gasteiger charge is -2.43. The molecule has 0 aliphatic heterocycles. The lowest BCUT2D eigenvalue weighted by molar-refractivity contribution is 0.0957. The average Bonchev–Trinajstić information content (AvgIpc) is 2.61. The minimum atomic E-state index is -0.227. The van der Waals surface area contributed by atoms with Crippen LogP contribution in [-0.2, 0) is 5.41 Å². The van der Waals surface area contributed by atoms with E-state index in [0.29, 0.717) is 11.5 Å². The maximum atomic E-state index is 11.5. The van der Waals surface area contributed by atoms with Crippen LogP contribution in [0.15, 0.2) is 36.4 Å². The molecular weight excluding hydrogens is 314 g/mol. The zero-order valence-electron chi connectivity index (χ0n) is 15.0. The molecule has 1 amide bonds. The van der Waals surface area contributed by atoms with E-state index in [1.807, 2.05) is 0 Å². The fourth-order valence-corrected chi connectivity index (χ4v) is 3.22. The van der Waals surface area contributed by atoms with Crippen molar-refractivity contribution in [1.82, 2.24) is 15.5 Å². The summed E-state index contributed by atoms with van der Waals surface area (Å²) in [4.78, 5) is 13.7. The first-order valence-electron chi connectivity index (χ1n) is 8.62. The Morgan fingerprint density at radius 3 is 2.56 bits per heavy atom. The van der Waals surface area contributed by atoms with Crippen LogP contribution in [0.2, 0.25) is 0 Å². The molecule has 0 saturated heterocycles. The Labute approximate surface area is 148 Å². The van der Waals surface area contributed by atoms with Crippen molar-refractivity contribution >= 4 is 17.4 Å². The van der Waals surface area contributed by atoms with Crippen LogP contribution in [0.1, 0.15) is 35.3 Å². The molecule has 0 spiro atoms. The maximum Gasteiger partial charge on any atom is 0.271 e. The molecule has 25 heavy (non-hydrogen) atoms. The van der Waals surface area contributed by atoms with Crippen LogP contribution in [0.5, 0.6) is 0 Å². The van der Waals surface area contributed by atoms with Crippen molar-refractivity contribution in [2.24, 2.45) is 0 Å². The third-order valence-corrected chi connectivity index (χ3v) is 5.02. The highest BCUT2D eigenvalue weighted by Crippen LogP contribution is 2.44. The second kappa shape index (κ2) is 7.09. The number of carbonyl (C=O) groups excluding carboxylic acids is 1. The molecule has 0 bridgehead atoms. The maximum absolute atomic E-state index is 11.5.